The van der Waals surface area contributed by atoms with Crippen molar-refractivity contribution in [3.63, 3.8) is 0 Å². The van der Waals surface area contributed by atoms with Gasteiger partial charge in [-0.05, 0) is 12.8 Å². The molecule has 0 saturated carbocycles. The number of phenolic OH excluding ortho intramolecular Hbond substituents is 2. The van der Waals surface area contributed by atoms with Crippen molar-refractivity contribution in [3.8, 4) is 22.8 Å². The van der Waals surface area contributed by atoms with Crippen LogP contribution in [0, 0.1) is 0 Å². The summed E-state index contributed by atoms with van der Waals surface area (Å²) < 4.78 is 5.85. The van der Waals surface area contributed by atoms with Crippen LogP contribution >= 0.6 is 0 Å². The zero-order valence-corrected chi connectivity index (χ0v) is 16.3. The predicted molar refractivity (Wildman–Crippen MR) is 113 cm³/mol. The van der Waals surface area contributed by atoms with E-state index in [2.05, 4.69) is 6.58 Å². The van der Waals surface area contributed by atoms with Gasteiger partial charge in [-0.15, -0.1) is 0 Å². The Hall–Kier alpha value is -3.29. The summed E-state index contributed by atoms with van der Waals surface area (Å²) in [6.07, 6.45) is 0.797. The van der Waals surface area contributed by atoms with Crippen molar-refractivity contribution in [1.29, 1.82) is 0 Å². The number of hydrogen-bond donors (Lipinski definition) is 4. The largest absolute Gasteiger partial charge is 0.508 e. The lowest BCUT2D eigenvalue weighted by Gasteiger charge is -2.30. The highest BCUT2D eigenvalue weighted by Gasteiger charge is 2.27. The van der Waals surface area contributed by atoms with Gasteiger partial charge in [0.1, 0.15) is 34.0 Å². The summed E-state index contributed by atoms with van der Waals surface area (Å²) in [5.74, 6) is -0.993. The zero-order chi connectivity index (χ0) is 21.4. The van der Waals surface area contributed by atoms with E-state index in [9.17, 15) is 25.2 Å². The van der Waals surface area contributed by atoms with Crippen LogP contribution in [0.3, 0.4) is 0 Å². The first kappa shape index (κ1) is 20.0. The second-order valence-electron chi connectivity index (χ2n) is 7.55. The first-order valence-electron chi connectivity index (χ1n) is 9.75. The summed E-state index contributed by atoms with van der Waals surface area (Å²) in [6.45, 7) is 4.81. The topological polar surface area (TPSA) is 114 Å². The number of nitrogens with zero attached hydrogens (tertiary/aromatic N) is 1. The highest BCUT2D eigenvalue weighted by molar-refractivity contribution is 5.96. The van der Waals surface area contributed by atoms with Crippen LogP contribution in [0.15, 0.2) is 52.2 Å². The molecule has 0 spiro atoms. The molecule has 1 aliphatic heterocycles. The van der Waals surface area contributed by atoms with Crippen molar-refractivity contribution in [2.75, 3.05) is 13.1 Å². The maximum atomic E-state index is 12.9. The third-order valence-electron chi connectivity index (χ3n) is 5.51. The van der Waals surface area contributed by atoms with Crippen molar-refractivity contribution in [1.82, 2.24) is 4.90 Å². The number of likely N-dealkylation sites (tertiary alicyclic amines) is 1. The number of phenols is 2. The maximum absolute atomic E-state index is 12.9. The summed E-state index contributed by atoms with van der Waals surface area (Å²) in [5, 5.41) is 41.4. The van der Waals surface area contributed by atoms with E-state index in [1.54, 1.807) is 24.3 Å². The number of hydrogen-bond acceptors (Lipinski definition) is 7. The van der Waals surface area contributed by atoms with Crippen molar-refractivity contribution < 1.29 is 24.8 Å². The molecule has 1 aromatic heterocycles. The van der Waals surface area contributed by atoms with E-state index in [0.717, 1.165) is 0 Å². The first-order valence-corrected chi connectivity index (χ1v) is 9.75. The van der Waals surface area contributed by atoms with E-state index in [-0.39, 0.29) is 52.0 Å². The minimum atomic E-state index is -0.495. The molecule has 2 aromatic carbocycles. The summed E-state index contributed by atoms with van der Waals surface area (Å²) >= 11 is 0. The van der Waals surface area contributed by atoms with Crippen LogP contribution in [-0.4, -0.2) is 44.5 Å². The summed E-state index contributed by atoms with van der Waals surface area (Å²) in [4.78, 5) is 14.9. The molecule has 4 N–H and O–H groups in total. The van der Waals surface area contributed by atoms with Gasteiger partial charge in [0.05, 0.1) is 11.7 Å². The van der Waals surface area contributed by atoms with Crippen molar-refractivity contribution in [3.05, 3.63) is 64.3 Å². The molecule has 1 aliphatic rings. The number of rotatable bonds is 4. The van der Waals surface area contributed by atoms with Crippen molar-refractivity contribution >= 4 is 16.7 Å². The van der Waals surface area contributed by atoms with Gasteiger partial charge >= 0.3 is 0 Å². The van der Waals surface area contributed by atoms with Crippen LogP contribution in [0.25, 0.3) is 28.1 Å². The monoisotopic (exact) mass is 409 g/mol. The lowest BCUT2D eigenvalue weighted by Crippen LogP contribution is -2.35. The number of piperidine rings is 1. The van der Waals surface area contributed by atoms with E-state index in [1.165, 1.54) is 6.07 Å². The van der Waals surface area contributed by atoms with Gasteiger partial charge in [-0.25, -0.2) is 0 Å². The molecule has 0 radical (unpaired) electrons. The average molecular weight is 409 g/mol. The standard InChI is InChI=1S/C23H23NO6/c1-13(25)19-21(28)16(12-24-9-7-15(26)8-10-24)22(29)20-17(27)11-18(30-23(19)20)14-5-3-2-4-6-14/h2-6,11,15,25-26,28-29H,1,7-10,12H2. The fourth-order valence-corrected chi connectivity index (χ4v) is 3.88. The van der Waals surface area contributed by atoms with E-state index < -0.39 is 11.2 Å². The highest BCUT2D eigenvalue weighted by atomic mass is 16.3. The van der Waals surface area contributed by atoms with Gasteiger partial charge in [0.2, 0.25) is 0 Å². The number of fused-ring (bicyclic) bond motifs is 1. The molecule has 0 atom stereocenters. The number of aliphatic hydroxyl groups is 2. The molecule has 7 nitrogen and oxygen atoms in total. The molecule has 2 heterocycles. The Bertz CT molecular complexity index is 1160. The molecule has 0 bridgehead atoms. The third-order valence-corrected chi connectivity index (χ3v) is 5.51. The summed E-state index contributed by atoms with van der Waals surface area (Å²) in [7, 11) is 0. The Morgan fingerprint density at radius 1 is 1.13 bits per heavy atom. The minimum Gasteiger partial charge on any atom is -0.508 e. The first-order chi connectivity index (χ1) is 14.4. The van der Waals surface area contributed by atoms with E-state index in [1.807, 2.05) is 11.0 Å². The van der Waals surface area contributed by atoms with Gasteiger partial charge in [-0.1, -0.05) is 36.9 Å². The lowest BCUT2D eigenvalue weighted by molar-refractivity contribution is 0.0786. The minimum absolute atomic E-state index is 0.115. The highest BCUT2D eigenvalue weighted by Crippen LogP contribution is 2.42. The van der Waals surface area contributed by atoms with E-state index in [4.69, 9.17) is 4.42 Å². The van der Waals surface area contributed by atoms with Crippen LogP contribution in [0.4, 0.5) is 0 Å². The molecule has 3 aromatic rings. The molecule has 0 amide bonds. The van der Waals surface area contributed by atoms with Gasteiger partial charge in [-0.2, -0.15) is 0 Å². The maximum Gasteiger partial charge on any atom is 0.197 e. The summed E-state index contributed by atoms with van der Waals surface area (Å²) in [6, 6.07) is 10.2. The number of benzene rings is 2. The molecule has 4 rings (SSSR count). The predicted octanol–water partition coefficient (Wildman–Crippen LogP) is 3.36. The van der Waals surface area contributed by atoms with Gasteiger partial charge < -0.3 is 24.8 Å². The Balaban J connectivity index is 1.90. The molecule has 0 aliphatic carbocycles. The molecular formula is C23H23NO6. The normalized spacial score (nSPS) is 15.5. The number of aromatic hydroxyl groups is 2. The Morgan fingerprint density at radius 2 is 1.80 bits per heavy atom. The van der Waals surface area contributed by atoms with Crippen LogP contribution in [0.1, 0.15) is 24.0 Å². The van der Waals surface area contributed by atoms with Crippen molar-refractivity contribution in [2.45, 2.75) is 25.5 Å². The van der Waals surface area contributed by atoms with Gasteiger partial charge in [0.15, 0.2) is 11.0 Å². The Labute approximate surface area is 172 Å². The molecular weight excluding hydrogens is 386 g/mol. The SMILES string of the molecule is C=C(O)c1c(O)c(CN2CCC(O)CC2)c(O)c2c(=O)cc(-c3ccccc3)oc12. The second-order valence-corrected chi connectivity index (χ2v) is 7.55. The van der Waals surface area contributed by atoms with Gasteiger partial charge in [0.25, 0.3) is 0 Å². The molecule has 156 valence electrons. The molecule has 1 saturated heterocycles. The second kappa shape index (κ2) is 7.85. The fourth-order valence-electron chi connectivity index (χ4n) is 3.88. The Kier molecular flexibility index (Phi) is 5.24. The smallest absolute Gasteiger partial charge is 0.197 e. The number of aliphatic hydroxyl groups excluding tert-OH is 2. The third kappa shape index (κ3) is 3.53. The van der Waals surface area contributed by atoms with Crippen LogP contribution in [0.5, 0.6) is 11.5 Å². The lowest BCUT2D eigenvalue weighted by atomic mass is 9.99. The van der Waals surface area contributed by atoms with Crippen LogP contribution < -0.4 is 5.43 Å². The fraction of sp³-hybridized carbons (Fsp3) is 0.261. The Morgan fingerprint density at radius 3 is 2.43 bits per heavy atom. The van der Waals surface area contributed by atoms with E-state index in [0.29, 0.717) is 31.5 Å². The van der Waals surface area contributed by atoms with Gasteiger partial charge in [0, 0.05) is 31.3 Å². The van der Waals surface area contributed by atoms with Gasteiger partial charge in [-0.3, -0.25) is 9.69 Å². The molecule has 1 fully saturated rings. The zero-order valence-electron chi connectivity index (χ0n) is 16.3. The van der Waals surface area contributed by atoms with E-state index >= 15 is 0 Å². The summed E-state index contributed by atoms with van der Waals surface area (Å²) in [5.41, 5.74) is 0.0154. The van der Waals surface area contributed by atoms with Crippen molar-refractivity contribution in [2.24, 2.45) is 0 Å². The molecule has 30 heavy (non-hydrogen) atoms. The average Bonchev–Trinajstić information content (AvgIpc) is 2.72. The molecule has 7 heteroatoms. The quantitative estimate of drug-likeness (QED) is 0.489. The van der Waals surface area contributed by atoms with Crippen LogP contribution in [-0.2, 0) is 6.54 Å². The van der Waals surface area contributed by atoms with Crippen LogP contribution in [0.2, 0.25) is 0 Å². The molecule has 0 unspecified atom stereocenters.